The first kappa shape index (κ1) is 18.2. The molecule has 1 aromatic carbocycles. The van der Waals surface area contributed by atoms with Crippen LogP contribution in [-0.4, -0.2) is 41.5 Å². The molecule has 1 N–H and O–H groups in total. The van der Waals surface area contributed by atoms with Gasteiger partial charge < -0.3 is 10.2 Å². The van der Waals surface area contributed by atoms with E-state index in [4.69, 9.17) is 0 Å². The van der Waals surface area contributed by atoms with Crippen molar-refractivity contribution in [2.24, 2.45) is 0 Å². The third-order valence-electron chi connectivity index (χ3n) is 4.05. The molecule has 1 fully saturated rings. The number of piperidine rings is 1. The van der Waals surface area contributed by atoms with Crippen molar-refractivity contribution < 1.29 is 27.2 Å². The lowest BCUT2D eigenvalue weighted by Gasteiger charge is -2.40. The van der Waals surface area contributed by atoms with Gasteiger partial charge in [-0.3, -0.25) is 9.59 Å². The maximum atomic E-state index is 14.1. The van der Waals surface area contributed by atoms with Crippen LogP contribution in [0.3, 0.4) is 0 Å². The molecule has 0 spiro atoms. The first-order chi connectivity index (χ1) is 11.1. The molecule has 2 rings (SSSR count). The first-order valence-corrected chi connectivity index (χ1v) is 7.51. The van der Waals surface area contributed by atoms with E-state index < -0.39 is 35.5 Å². The van der Waals surface area contributed by atoms with Crippen molar-refractivity contribution in [3.8, 4) is 0 Å². The third-order valence-corrected chi connectivity index (χ3v) is 4.05. The largest absolute Gasteiger partial charge is 0.408 e. The Bertz CT molecular complexity index is 645. The van der Waals surface area contributed by atoms with E-state index in [1.54, 1.807) is 0 Å². The molecule has 0 bridgehead atoms. The minimum atomic E-state index is -4.61. The summed E-state index contributed by atoms with van der Waals surface area (Å²) in [6.07, 6.45) is -4.85. The molecule has 0 aromatic heterocycles. The van der Waals surface area contributed by atoms with Crippen LogP contribution in [0.25, 0.3) is 0 Å². The standard InChI is InChI=1S/C16H18F4N2O2/c1-9-4-3-5-12(14(9)17)15(24)22-8-11(21-10(2)23)6-7-13(22)16(18,19)20/h3-5,11,13H,6-8H2,1-2H3,(H,21,23)/t11-,13-/m0/s1. The Balaban J connectivity index is 2.34. The van der Waals surface area contributed by atoms with E-state index in [0.29, 0.717) is 4.90 Å². The lowest BCUT2D eigenvalue weighted by molar-refractivity contribution is -0.184. The van der Waals surface area contributed by atoms with Crippen LogP contribution in [0.2, 0.25) is 0 Å². The van der Waals surface area contributed by atoms with Gasteiger partial charge >= 0.3 is 6.18 Å². The maximum Gasteiger partial charge on any atom is 0.408 e. The third kappa shape index (κ3) is 3.85. The highest BCUT2D eigenvalue weighted by Crippen LogP contribution is 2.33. The summed E-state index contributed by atoms with van der Waals surface area (Å²) in [6, 6.07) is 1.45. The van der Waals surface area contributed by atoms with Crippen LogP contribution in [-0.2, 0) is 4.79 Å². The second kappa shape index (κ2) is 6.78. The molecule has 2 amide bonds. The van der Waals surface area contributed by atoms with E-state index in [1.165, 1.54) is 32.0 Å². The normalized spacial score (nSPS) is 21.5. The molecule has 24 heavy (non-hydrogen) atoms. The molecule has 132 valence electrons. The van der Waals surface area contributed by atoms with Crippen LogP contribution < -0.4 is 5.32 Å². The molecule has 1 aromatic rings. The summed E-state index contributed by atoms with van der Waals surface area (Å²) in [5.41, 5.74) is -0.215. The van der Waals surface area contributed by atoms with Gasteiger partial charge in [-0.1, -0.05) is 12.1 Å². The number of nitrogens with one attached hydrogen (secondary N) is 1. The number of rotatable bonds is 2. The van der Waals surface area contributed by atoms with Crippen molar-refractivity contribution in [1.29, 1.82) is 0 Å². The highest BCUT2D eigenvalue weighted by Gasteiger charge is 2.48. The van der Waals surface area contributed by atoms with Gasteiger partial charge in [0.1, 0.15) is 11.9 Å². The number of halogens is 4. The number of alkyl halides is 3. The number of benzene rings is 1. The predicted molar refractivity (Wildman–Crippen MR) is 78.9 cm³/mol. The molecule has 0 radical (unpaired) electrons. The molecular formula is C16H18F4N2O2. The maximum absolute atomic E-state index is 14.1. The van der Waals surface area contributed by atoms with Crippen molar-refractivity contribution >= 4 is 11.8 Å². The topological polar surface area (TPSA) is 49.4 Å². The Morgan fingerprint density at radius 2 is 1.92 bits per heavy atom. The molecule has 1 aliphatic rings. The second-order valence-corrected chi connectivity index (χ2v) is 5.93. The van der Waals surface area contributed by atoms with Crippen LogP contribution in [0.4, 0.5) is 17.6 Å². The van der Waals surface area contributed by atoms with Crippen LogP contribution in [0.5, 0.6) is 0 Å². The molecule has 2 atom stereocenters. The summed E-state index contributed by atoms with van der Waals surface area (Å²) in [7, 11) is 0. The van der Waals surface area contributed by atoms with Crippen molar-refractivity contribution in [3.63, 3.8) is 0 Å². The Kier molecular flexibility index (Phi) is 5.15. The zero-order chi connectivity index (χ0) is 18.1. The Morgan fingerprint density at radius 1 is 1.25 bits per heavy atom. The number of carbonyl (C=O) groups excluding carboxylic acids is 2. The van der Waals surface area contributed by atoms with E-state index in [-0.39, 0.29) is 30.9 Å². The molecule has 8 heteroatoms. The number of carbonyl (C=O) groups is 2. The predicted octanol–water partition coefficient (Wildman–Crippen LogP) is 2.81. The lowest BCUT2D eigenvalue weighted by Crippen LogP contribution is -2.58. The molecule has 1 aliphatic heterocycles. The zero-order valence-electron chi connectivity index (χ0n) is 13.3. The van der Waals surface area contributed by atoms with Gasteiger partial charge in [-0.15, -0.1) is 0 Å². The zero-order valence-corrected chi connectivity index (χ0v) is 13.3. The van der Waals surface area contributed by atoms with Crippen LogP contribution in [0.15, 0.2) is 18.2 Å². The number of nitrogens with zero attached hydrogens (tertiary/aromatic N) is 1. The average molecular weight is 346 g/mol. The van der Waals surface area contributed by atoms with Crippen molar-refractivity contribution in [2.45, 2.75) is 44.9 Å². The minimum Gasteiger partial charge on any atom is -0.352 e. The highest BCUT2D eigenvalue weighted by atomic mass is 19.4. The second-order valence-electron chi connectivity index (χ2n) is 5.93. The summed E-state index contributed by atoms with van der Waals surface area (Å²) in [6.45, 7) is 2.38. The van der Waals surface area contributed by atoms with Crippen LogP contribution >= 0.6 is 0 Å². The minimum absolute atomic E-state index is 0.101. The smallest absolute Gasteiger partial charge is 0.352 e. The molecule has 4 nitrogen and oxygen atoms in total. The van der Waals surface area contributed by atoms with Gasteiger partial charge in [0.25, 0.3) is 5.91 Å². The van der Waals surface area contributed by atoms with Gasteiger partial charge in [0, 0.05) is 19.5 Å². The van der Waals surface area contributed by atoms with E-state index in [9.17, 15) is 27.2 Å². The summed E-state index contributed by atoms with van der Waals surface area (Å²) in [4.78, 5) is 24.3. The summed E-state index contributed by atoms with van der Waals surface area (Å²) in [5, 5.41) is 2.52. The van der Waals surface area contributed by atoms with E-state index in [2.05, 4.69) is 5.32 Å². The van der Waals surface area contributed by atoms with Gasteiger partial charge in [-0.25, -0.2) is 4.39 Å². The van der Waals surface area contributed by atoms with E-state index in [1.807, 2.05) is 0 Å². The van der Waals surface area contributed by atoms with Gasteiger partial charge in [-0.05, 0) is 31.4 Å². The molecule has 1 heterocycles. The average Bonchev–Trinajstić information content (AvgIpc) is 2.47. The molecule has 0 saturated carbocycles. The number of amides is 2. The number of hydrogen-bond acceptors (Lipinski definition) is 2. The molecular weight excluding hydrogens is 328 g/mol. The highest BCUT2D eigenvalue weighted by molar-refractivity contribution is 5.95. The van der Waals surface area contributed by atoms with Gasteiger partial charge in [-0.2, -0.15) is 13.2 Å². The Morgan fingerprint density at radius 3 is 2.50 bits per heavy atom. The van der Waals surface area contributed by atoms with Crippen LogP contribution in [0.1, 0.15) is 35.7 Å². The fourth-order valence-corrected chi connectivity index (χ4v) is 2.91. The summed E-state index contributed by atoms with van der Waals surface area (Å²) in [5.74, 6) is -2.24. The molecule has 0 unspecified atom stereocenters. The number of likely N-dealkylation sites (tertiary alicyclic amines) is 1. The summed E-state index contributed by atoms with van der Waals surface area (Å²) < 4.78 is 53.9. The van der Waals surface area contributed by atoms with Gasteiger partial charge in [0.05, 0.1) is 5.56 Å². The lowest BCUT2D eigenvalue weighted by atomic mass is 9.96. The fraction of sp³-hybridized carbons (Fsp3) is 0.500. The monoisotopic (exact) mass is 346 g/mol. The Labute approximate surface area is 136 Å². The Hall–Kier alpha value is -2.12. The SMILES string of the molecule is CC(=O)N[C@H]1CC[C@@H](C(F)(F)F)N(C(=O)c2cccc(C)c2F)C1. The van der Waals surface area contributed by atoms with Crippen molar-refractivity contribution in [2.75, 3.05) is 6.54 Å². The van der Waals surface area contributed by atoms with E-state index >= 15 is 0 Å². The first-order valence-electron chi connectivity index (χ1n) is 7.51. The van der Waals surface area contributed by atoms with Gasteiger partial charge in [0.2, 0.25) is 5.91 Å². The van der Waals surface area contributed by atoms with Crippen LogP contribution in [0, 0.1) is 12.7 Å². The fourth-order valence-electron chi connectivity index (χ4n) is 2.91. The van der Waals surface area contributed by atoms with E-state index in [0.717, 1.165) is 0 Å². The summed E-state index contributed by atoms with van der Waals surface area (Å²) >= 11 is 0. The quantitative estimate of drug-likeness (QED) is 0.837. The van der Waals surface area contributed by atoms with Crippen molar-refractivity contribution in [3.05, 3.63) is 35.1 Å². The molecule has 0 aliphatic carbocycles. The number of aryl methyl sites for hydroxylation is 1. The molecule has 1 saturated heterocycles. The van der Waals surface area contributed by atoms with Gasteiger partial charge in [0.15, 0.2) is 0 Å². The van der Waals surface area contributed by atoms with Crippen molar-refractivity contribution in [1.82, 2.24) is 10.2 Å². The number of hydrogen-bond donors (Lipinski definition) is 1.